The van der Waals surface area contributed by atoms with Crippen LogP contribution in [0.2, 0.25) is 5.02 Å². The first-order valence-electron chi connectivity index (χ1n) is 8.83. The van der Waals surface area contributed by atoms with Gasteiger partial charge in [0, 0.05) is 36.6 Å². The molecule has 0 heterocycles. The van der Waals surface area contributed by atoms with Crippen molar-refractivity contribution in [3.8, 4) is 5.75 Å². The molecule has 0 aliphatic rings. The first kappa shape index (κ1) is 20.1. The Labute approximate surface area is 161 Å². The van der Waals surface area contributed by atoms with E-state index in [9.17, 15) is 4.79 Å². The highest BCUT2D eigenvalue weighted by molar-refractivity contribution is 6.31. The van der Waals surface area contributed by atoms with Gasteiger partial charge in [0.1, 0.15) is 5.75 Å². The molecule has 2 aromatic carbocycles. The quantitative estimate of drug-likeness (QED) is 0.714. The average molecular weight is 375 g/mol. The Balaban J connectivity index is 1.97. The van der Waals surface area contributed by atoms with Gasteiger partial charge in [0.15, 0.2) is 0 Å². The Kier molecular flexibility index (Phi) is 7.34. The van der Waals surface area contributed by atoms with Crippen molar-refractivity contribution in [2.45, 2.75) is 39.8 Å². The Morgan fingerprint density at radius 1 is 1.23 bits per heavy atom. The van der Waals surface area contributed by atoms with Crippen LogP contribution in [0.1, 0.15) is 31.4 Å². The van der Waals surface area contributed by atoms with Gasteiger partial charge in [-0.25, -0.2) is 0 Å². The first-order valence-corrected chi connectivity index (χ1v) is 9.21. The molecule has 0 aliphatic carbocycles. The minimum absolute atomic E-state index is 0.126. The normalized spacial score (nSPS) is 10.7. The molecular formula is C21H27ClN2O2. The van der Waals surface area contributed by atoms with Crippen molar-refractivity contribution >= 4 is 23.2 Å². The fraction of sp³-hybridized carbons (Fsp3) is 0.381. The minimum atomic E-state index is 0.126. The van der Waals surface area contributed by atoms with Crippen molar-refractivity contribution in [3.05, 3.63) is 58.6 Å². The van der Waals surface area contributed by atoms with Gasteiger partial charge in [-0.1, -0.05) is 41.9 Å². The van der Waals surface area contributed by atoms with Crippen LogP contribution in [0.25, 0.3) is 0 Å². The molecule has 2 aromatic rings. The highest BCUT2D eigenvalue weighted by Gasteiger charge is 2.17. The summed E-state index contributed by atoms with van der Waals surface area (Å²) >= 11 is 6.13. The summed E-state index contributed by atoms with van der Waals surface area (Å²) < 4.78 is 5.36. The van der Waals surface area contributed by atoms with E-state index in [2.05, 4.69) is 5.32 Å². The summed E-state index contributed by atoms with van der Waals surface area (Å²) in [5, 5.41) is 3.95. The summed E-state index contributed by atoms with van der Waals surface area (Å²) in [5.41, 5.74) is 2.95. The largest absolute Gasteiger partial charge is 0.495 e. The molecule has 2 rings (SSSR count). The van der Waals surface area contributed by atoms with Crippen LogP contribution < -0.4 is 10.1 Å². The average Bonchev–Trinajstić information content (AvgIpc) is 2.62. The van der Waals surface area contributed by atoms with E-state index in [-0.39, 0.29) is 11.9 Å². The zero-order valence-electron chi connectivity index (χ0n) is 15.9. The fourth-order valence-corrected chi connectivity index (χ4v) is 2.91. The van der Waals surface area contributed by atoms with E-state index in [1.807, 2.05) is 62.1 Å². The zero-order valence-corrected chi connectivity index (χ0v) is 16.6. The van der Waals surface area contributed by atoms with E-state index in [1.54, 1.807) is 13.2 Å². The van der Waals surface area contributed by atoms with Crippen LogP contribution in [-0.2, 0) is 11.3 Å². The molecule has 26 heavy (non-hydrogen) atoms. The Bertz CT molecular complexity index is 732. The van der Waals surface area contributed by atoms with Crippen molar-refractivity contribution < 1.29 is 9.53 Å². The Morgan fingerprint density at radius 3 is 2.54 bits per heavy atom. The molecule has 0 spiro atoms. The van der Waals surface area contributed by atoms with Crippen LogP contribution in [0.15, 0.2) is 42.5 Å². The molecule has 0 fully saturated rings. The lowest BCUT2D eigenvalue weighted by Crippen LogP contribution is -2.37. The molecule has 0 bridgehead atoms. The predicted molar refractivity (Wildman–Crippen MR) is 108 cm³/mol. The first-order chi connectivity index (χ1) is 12.4. The molecule has 4 nitrogen and oxygen atoms in total. The molecule has 0 saturated heterocycles. The predicted octanol–water partition coefficient (Wildman–Crippen LogP) is 4.90. The number of nitrogens with zero attached hydrogens (tertiary/aromatic N) is 1. The number of carbonyl (C=O) groups excluding carboxylic acids is 1. The van der Waals surface area contributed by atoms with Gasteiger partial charge in [-0.05, 0) is 38.0 Å². The lowest BCUT2D eigenvalue weighted by atomic mass is 10.1. The summed E-state index contributed by atoms with van der Waals surface area (Å²) in [5.74, 6) is 0.805. The number of rotatable bonds is 8. The standard InChI is InChI=1S/C21H27ClN2O2/c1-15(2)24(14-17-8-6-5-7-9-17)21(25)10-11-23-19-12-16(3)18(22)13-20(19)26-4/h5-9,12-13,15,23H,10-11,14H2,1-4H3. The zero-order chi connectivity index (χ0) is 19.1. The third-order valence-electron chi connectivity index (χ3n) is 4.27. The van der Waals surface area contributed by atoms with E-state index in [0.29, 0.717) is 30.3 Å². The van der Waals surface area contributed by atoms with Gasteiger partial charge in [0.05, 0.1) is 12.8 Å². The maximum Gasteiger partial charge on any atom is 0.224 e. The molecule has 5 heteroatoms. The number of carbonyl (C=O) groups is 1. The van der Waals surface area contributed by atoms with Gasteiger partial charge >= 0.3 is 0 Å². The summed E-state index contributed by atoms with van der Waals surface area (Å²) in [6.07, 6.45) is 0.413. The number of nitrogens with one attached hydrogen (secondary N) is 1. The lowest BCUT2D eigenvalue weighted by Gasteiger charge is -2.27. The highest BCUT2D eigenvalue weighted by atomic mass is 35.5. The summed E-state index contributed by atoms with van der Waals surface area (Å²) in [6.45, 7) is 7.19. The van der Waals surface area contributed by atoms with Crippen LogP contribution >= 0.6 is 11.6 Å². The molecule has 0 atom stereocenters. The number of benzene rings is 2. The lowest BCUT2D eigenvalue weighted by molar-refractivity contribution is -0.133. The molecule has 1 amide bonds. The van der Waals surface area contributed by atoms with E-state index < -0.39 is 0 Å². The summed E-state index contributed by atoms with van der Waals surface area (Å²) in [4.78, 5) is 14.6. The third-order valence-corrected chi connectivity index (χ3v) is 4.68. The number of hydrogen-bond acceptors (Lipinski definition) is 3. The fourth-order valence-electron chi connectivity index (χ4n) is 2.76. The maximum atomic E-state index is 12.7. The molecule has 0 radical (unpaired) electrons. The Hall–Kier alpha value is -2.20. The van der Waals surface area contributed by atoms with Gasteiger partial charge in [-0.15, -0.1) is 0 Å². The molecule has 140 valence electrons. The van der Waals surface area contributed by atoms with Crippen LogP contribution in [0.3, 0.4) is 0 Å². The number of aryl methyl sites for hydroxylation is 1. The van der Waals surface area contributed by atoms with Gasteiger partial charge in [0.25, 0.3) is 0 Å². The van der Waals surface area contributed by atoms with Crippen molar-refractivity contribution in [2.24, 2.45) is 0 Å². The van der Waals surface area contributed by atoms with E-state index in [1.165, 1.54) is 0 Å². The van der Waals surface area contributed by atoms with Crippen molar-refractivity contribution in [2.75, 3.05) is 19.0 Å². The number of hydrogen-bond donors (Lipinski definition) is 1. The molecule has 0 aromatic heterocycles. The van der Waals surface area contributed by atoms with Gasteiger partial charge in [0.2, 0.25) is 5.91 Å². The topological polar surface area (TPSA) is 41.6 Å². The molecule has 1 N–H and O–H groups in total. The molecule has 0 unspecified atom stereocenters. The van der Waals surface area contributed by atoms with E-state index in [0.717, 1.165) is 16.8 Å². The highest BCUT2D eigenvalue weighted by Crippen LogP contribution is 2.30. The number of anilines is 1. The smallest absolute Gasteiger partial charge is 0.224 e. The number of methoxy groups -OCH3 is 1. The van der Waals surface area contributed by atoms with Crippen molar-refractivity contribution in [1.29, 1.82) is 0 Å². The second-order valence-electron chi connectivity index (χ2n) is 6.58. The van der Waals surface area contributed by atoms with Gasteiger partial charge in [-0.3, -0.25) is 4.79 Å². The monoisotopic (exact) mass is 374 g/mol. The van der Waals surface area contributed by atoms with Gasteiger partial charge in [-0.2, -0.15) is 0 Å². The molecular weight excluding hydrogens is 348 g/mol. The van der Waals surface area contributed by atoms with E-state index in [4.69, 9.17) is 16.3 Å². The second kappa shape index (κ2) is 9.48. The molecule has 0 aliphatic heterocycles. The van der Waals surface area contributed by atoms with Crippen LogP contribution in [-0.4, -0.2) is 30.5 Å². The minimum Gasteiger partial charge on any atom is -0.495 e. The third kappa shape index (κ3) is 5.40. The maximum absolute atomic E-state index is 12.7. The number of halogens is 1. The van der Waals surface area contributed by atoms with Crippen molar-refractivity contribution in [3.63, 3.8) is 0 Å². The van der Waals surface area contributed by atoms with Gasteiger partial charge < -0.3 is 15.0 Å². The SMILES string of the molecule is COc1cc(Cl)c(C)cc1NCCC(=O)N(Cc1ccccc1)C(C)C. The van der Waals surface area contributed by atoms with Crippen molar-refractivity contribution in [1.82, 2.24) is 4.90 Å². The number of amides is 1. The summed E-state index contributed by atoms with van der Waals surface area (Å²) in [6, 6.07) is 13.9. The van der Waals surface area contributed by atoms with Crippen LogP contribution in [0.5, 0.6) is 5.75 Å². The van der Waals surface area contributed by atoms with E-state index >= 15 is 0 Å². The molecule has 0 saturated carbocycles. The van der Waals surface area contributed by atoms with Crippen LogP contribution in [0.4, 0.5) is 5.69 Å². The second-order valence-corrected chi connectivity index (χ2v) is 6.99. The summed E-state index contributed by atoms with van der Waals surface area (Å²) in [7, 11) is 1.61. The van der Waals surface area contributed by atoms with Crippen LogP contribution in [0, 0.1) is 6.92 Å². The number of ether oxygens (including phenoxy) is 1. The Morgan fingerprint density at radius 2 is 1.92 bits per heavy atom.